The minimum absolute atomic E-state index is 0.0156. The highest BCUT2D eigenvalue weighted by Crippen LogP contribution is 2.34. The van der Waals surface area contributed by atoms with Gasteiger partial charge in [0.05, 0.1) is 23.6 Å². The Bertz CT molecular complexity index is 959. The van der Waals surface area contributed by atoms with Crippen molar-refractivity contribution in [2.24, 2.45) is 0 Å². The van der Waals surface area contributed by atoms with Crippen molar-refractivity contribution in [3.8, 4) is 17.2 Å². The maximum absolute atomic E-state index is 12.1. The molecule has 0 radical (unpaired) electrons. The van der Waals surface area contributed by atoms with Crippen molar-refractivity contribution < 1.29 is 33.5 Å². The van der Waals surface area contributed by atoms with Crippen molar-refractivity contribution in [2.45, 2.75) is 13.0 Å². The first kappa shape index (κ1) is 19.9. The molecule has 1 aliphatic heterocycles. The Labute approximate surface area is 165 Å². The highest BCUT2D eigenvalue weighted by atomic mass is 16.7. The zero-order valence-corrected chi connectivity index (χ0v) is 15.7. The number of carbonyl (C=O) groups excluding carboxylic acids is 2. The molecule has 2 aromatic carbocycles. The van der Waals surface area contributed by atoms with Gasteiger partial charge in [0.25, 0.3) is 5.91 Å². The Morgan fingerprint density at radius 2 is 1.97 bits per heavy atom. The summed E-state index contributed by atoms with van der Waals surface area (Å²) < 4.78 is 20.4. The smallest absolute Gasteiger partial charge is 0.338 e. The van der Waals surface area contributed by atoms with Gasteiger partial charge >= 0.3 is 11.7 Å². The van der Waals surface area contributed by atoms with E-state index in [1.54, 1.807) is 25.1 Å². The highest BCUT2D eigenvalue weighted by molar-refractivity contribution is 5.92. The molecule has 0 fully saturated rings. The summed E-state index contributed by atoms with van der Waals surface area (Å²) in [6.07, 6.45) is 0. The number of carbonyl (C=O) groups is 2. The molecule has 0 aliphatic carbocycles. The number of nitro benzene ring substituents is 1. The number of rotatable bonds is 7. The van der Waals surface area contributed by atoms with Crippen LogP contribution in [0.15, 0.2) is 36.4 Å². The Morgan fingerprint density at radius 3 is 2.69 bits per heavy atom. The van der Waals surface area contributed by atoms with Gasteiger partial charge in [-0.05, 0) is 36.8 Å². The van der Waals surface area contributed by atoms with Crippen LogP contribution in [-0.4, -0.2) is 37.3 Å². The number of nitrogens with one attached hydrogen (secondary N) is 1. The quantitative estimate of drug-likeness (QED) is 0.425. The molecule has 0 spiro atoms. The number of esters is 1. The van der Waals surface area contributed by atoms with Crippen LogP contribution >= 0.6 is 0 Å². The fourth-order valence-corrected chi connectivity index (χ4v) is 2.72. The van der Waals surface area contributed by atoms with Gasteiger partial charge < -0.3 is 24.3 Å². The molecule has 1 aliphatic rings. The first-order valence-electron chi connectivity index (χ1n) is 8.57. The number of hydrogen-bond donors (Lipinski definition) is 1. The second kappa shape index (κ2) is 8.46. The molecule has 152 valence electrons. The molecule has 0 bridgehead atoms. The maximum atomic E-state index is 12.1. The zero-order chi connectivity index (χ0) is 21.0. The van der Waals surface area contributed by atoms with Gasteiger partial charge in [0.1, 0.15) is 0 Å². The van der Waals surface area contributed by atoms with E-state index < -0.39 is 23.4 Å². The number of hydrogen-bond acceptors (Lipinski definition) is 8. The molecular formula is C19H18N2O8. The fourth-order valence-electron chi connectivity index (χ4n) is 2.72. The van der Waals surface area contributed by atoms with E-state index in [9.17, 15) is 19.7 Å². The summed E-state index contributed by atoms with van der Waals surface area (Å²) >= 11 is 0. The van der Waals surface area contributed by atoms with Crippen molar-refractivity contribution >= 4 is 17.6 Å². The number of nitrogens with zero attached hydrogens (tertiary/aromatic N) is 1. The molecule has 0 aromatic heterocycles. The van der Waals surface area contributed by atoms with Crippen molar-refractivity contribution in [2.75, 3.05) is 20.5 Å². The molecule has 3 rings (SSSR count). The number of fused-ring (bicyclic) bond motifs is 1. The van der Waals surface area contributed by atoms with E-state index in [0.29, 0.717) is 11.5 Å². The molecule has 0 saturated carbocycles. The molecule has 0 unspecified atom stereocenters. The molecule has 0 saturated heterocycles. The van der Waals surface area contributed by atoms with Crippen LogP contribution in [0, 0.1) is 10.1 Å². The van der Waals surface area contributed by atoms with E-state index in [0.717, 1.165) is 11.6 Å². The first-order chi connectivity index (χ1) is 13.9. The van der Waals surface area contributed by atoms with Gasteiger partial charge in [-0.2, -0.15) is 0 Å². The van der Waals surface area contributed by atoms with E-state index in [2.05, 4.69) is 5.32 Å². The van der Waals surface area contributed by atoms with E-state index in [-0.39, 0.29) is 29.8 Å². The molecule has 1 heterocycles. The first-order valence-corrected chi connectivity index (χ1v) is 8.57. The van der Waals surface area contributed by atoms with Crippen LogP contribution in [0.5, 0.6) is 17.2 Å². The van der Waals surface area contributed by atoms with Gasteiger partial charge in [0.15, 0.2) is 23.9 Å². The minimum Gasteiger partial charge on any atom is -0.490 e. The number of ether oxygens (including phenoxy) is 4. The van der Waals surface area contributed by atoms with Crippen LogP contribution in [0.3, 0.4) is 0 Å². The van der Waals surface area contributed by atoms with Gasteiger partial charge in [-0.3, -0.25) is 14.9 Å². The normalized spacial score (nSPS) is 12.8. The molecule has 1 atom stereocenters. The number of nitro groups is 1. The summed E-state index contributed by atoms with van der Waals surface area (Å²) in [7, 11) is 1.28. The standard InChI is InChI=1S/C19H18N2O8/c1-11(12-3-6-16-17(8-12)29-10-28-16)20-18(22)9-27-19(23)13-4-5-15(26-2)14(7-13)21(24)25/h3-8,11H,9-10H2,1-2H3,(H,20,22)/t11-/m1/s1. The van der Waals surface area contributed by atoms with Gasteiger partial charge in [-0.15, -0.1) is 0 Å². The van der Waals surface area contributed by atoms with Crippen LogP contribution in [0.4, 0.5) is 5.69 Å². The second-order valence-electron chi connectivity index (χ2n) is 6.12. The molecule has 10 heteroatoms. The summed E-state index contributed by atoms with van der Waals surface area (Å²) in [6, 6.07) is 8.58. The molecule has 2 aromatic rings. The van der Waals surface area contributed by atoms with Gasteiger partial charge in [0, 0.05) is 6.07 Å². The minimum atomic E-state index is -0.860. The third-order valence-electron chi connectivity index (χ3n) is 4.22. The Morgan fingerprint density at radius 1 is 1.21 bits per heavy atom. The van der Waals surface area contributed by atoms with Crippen molar-refractivity contribution in [1.29, 1.82) is 0 Å². The molecule has 1 N–H and O–H groups in total. The average molecular weight is 402 g/mol. The lowest BCUT2D eigenvalue weighted by Gasteiger charge is -2.15. The van der Waals surface area contributed by atoms with Crippen molar-refractivity contribution in [3.05, 3.63) is 57.6 Å². The summed E-state index contributed by atoms with van der Waals surface area (Å²) in [5.74, 6) is -0.138. The zero-order valence-electron chi connectivity index (χ0n) is 15.7. The number of amides is 1. The highest BCUT2D eigenvalue weighted by Gasteiger charge is 2.20. The lowest BCUT2D eigenvalue weighted by atomic mass is 10.1. The SMILES string of the molecule is COc1ccc(C(=O)OCC(=O)N[C@H](C)c2ccc3c(c2)OCO3)cc1[N+](=O)[O-]. The topological polar surface area (TPSA) is 126 Å². The van der Waals surface area contributed by atoms with E-state index in [1.807, 2.05) is 0 Å². The Balaban J connectivity index is 1.57. The predicted octanol–water partition coefficient (Wildman–Crippen LogP) is 2.37. The second-order valence-corrected chi connectivity index (χ2v) is 6.12. The van der Waals surface area contributed by atoms with Gasteiger partial charge in [0.2, 0.25) is 6.79 Å². The van der Waals surface area contributed by atoms with Gasteiger partial charge in [-0.25, -0.2) is 4.79 Å². The Hall–Kier alpha value is -3.82. The lowest BCUT2D eigenvalue weighted by Crippen LogP contribution is -2.31. The van der Waals surface area contributed by atoms with Crippen molar-refractivity contribution in [3.63, 3.8) is 0 Å². The lowest BCUT2D eigenvalue weighted by molar-refractivity contribution is -0.385. The summed E-state index contributed by atoms with van der Waals surface area (Å²) in [5, 5.41) is 13.7. The average Bonchev–Trinajstić information content (AvgIpc) is 3.19. The van der Waals surface area contributed by atoms with Crippen LogP contribution < -0.4 is 19.5 Å². The summed E-state index contributed by atoms with van der Waals surface area (Å²) in [5.41, 5.74) is 0.358. The fraction of sp³-hybridized carbons (Fsp3) is 0.263. The Kier molecular flexibility index (Phi) is 5.82. The maximum Gasteiger partial charge on any atom is 0.338 e. The van der Waals surface area contributed by atoms with Crippen LogP contribution in [0.25, 0.3) is 0 Å². The number of benzene rings is 2. The monoisotopic (exact) mass is 402 g/mol. The molecule has 10 nitrogen and oxygen atoms in total. The molecule has 1 amide bonds. The van der Waals surface area contributed by atoms with E-state index >= 15 is 0 Å². The summed E-state index contributed by atoms with van der Waals surface area (Å²) in [6.45, 7) is 1.39. The molecule has 29 heavy (non-hydrogen) atoms. The van der Waals surface area contributed by atoms with Crippen LogP contribution in [-0.2, 0) is 9.53 Å². The number of methoxy groups -OCH3 is 1. The van der Waals surface area contributed by atoms with Crippen molar-refractivity contribution in [1.82, 2.24) is 5.32 Å². The third-order valence-corrected chi connectivity index (χ3v) is 4.22. The molecular weight excluding hydrogens is 384 g/mol. The van der Waals surface area contributed by atoms with E-state index in [1.165, 1.54) is 19.2 Å². The van der Waals surface area contributed by atoms with E-state index in [4.69, 9.17) is 18.9 Å². The van der Waals surface area contributed by atoms with Crippen LogP contribution in [0.2, 0.25) is 0 Å². The third kappa shape index (κ3) is 4.54. The summed E-state index contributed by atoms with van der Waals surface area (Å²) in [4.78, 5) is 34.6. The predicted molar refractivity (Wildman–Crippen MR) is 99.1 cm³/mol. The van der Waals surface area contributed by atoms with Crippen LogP contribution in [0.1, 0.15) is 28.9 Å². The largest absolute Gasteiger partial charge is 0.490 e. The van der Waals surface area contributed by atoms with Gasteiger partial charge in [-0.1, -0.05) is 6.07 Å².